The largest absolute Gasteiger partial charge is 0.356 e. The molecule has 1 aliphatic heterocycles. The van der Waals surface area contributed by atoms with Crippen molar-refractivity contribution in [3.8, 4) is 0 Å². The van der Waals surface area contributed by atoms with E-state index in [0.717, 1.165) is 56.8 Å². The first-order valence-corrected chi connectivity index (χ1v) is 8.82. The van der Waals surface area contributed by atoms with Gasteiger partial charge in [-0.25, -0.2) is 9.97 Å². The number of rotatable bonds is 5. The first-order valence-electron chi connectivity index (χ1n) is 8.82. The molecule has 2 aromatic rings. The third-order valence-corrected chi connectivity index (χ3v) is 4.82. The van der Waals surface area contributed by atoms with Gasteiger partial charge in [0.05, 0.1) is 6.20 Å². The third-order valence-electron chi connectivity index (χ3n) is 4.82. The van der Waals surface area contributed by atoms with Crippen LogP contribution < -0.4 is 4.90 Å². The van der Waals surface area contributed by atoms with Crippen LogP contribution >= 0.6 is 0 Å². The van der Waals surface area contributed by atoms with Gasteiger partial charge in [0.1, 0.15) is 11.6 Å². The highest BCUT2D eigenvalue weighted by Gasteiger charge is 2.25. The SMILES string of the molecule is CCCc1cnc(C)nc1N1CCC(c2[nH]ncc2CC)CC1. The zero-order valence-corrected chi connectivity index (χ0v) is 14.5. The van der Waals surface area contributed by atoms with Gasteiger partial charge in [0.25, 0.3) is 0 Å². The molecule has 0 saturated carbocycles. The molecule has 0 atom stereocenters. The Balaban J connectivity index is 1.73. The molecule has 1 N–H and O–H groups in total. The lowest BCUT2D eigenvalue weighted by atomic mass is 9.90. The van der Waals surface area contributed by atoms with Crippen molar-refractivity contribution in [3.05, 3.63) is 35.0 Å². The van der Waals surface area contributed by atoms with Gasteiger partial charge in [0.15, 0.2) is 0 Å². The summed E-state index contributed by atoms with van der Waals surface area (Å²) in [7, 11) is 0. The summed E-state index contributed by atoms with van der Waals surface area (Å²) in [4.78, 5) is 11.6. The summed E-state index contributed by atoms with van der Waals surface area (Å²) in [6, 6.07) is 0. The predicted octanol–water partition coefficient (Wildman–Crippen LogP) is 3.41. The van der Waals surface area contributed by atoms with Gasteiger partial charge >= 0.3 is 0 Å². The number of aryl methyl sites for hydroxylation is 3. The smallest absolute Gasteiger partial charge is 0.135 e. The standard InChI is InChI=1S/C18H27N5/c1-4-6-16-11-19-13(3)21-18(16)23-9-7-15(8-10-23)17-14(5-2)12-20-22-17/h11-12,15H,4-10H2,1-3H3,(H,20,22). The summed E-state index contributed by atoms with van der Waals surface area (Å²) in [5.74, 6) is 2.61. The van der Waals surface area contributed by atoms with Crippen molar-refractivity contribution in [2.24, 2.45) is 0 Å². The lowest BCUT2D eigenvalue weighted by molar-refractivity contribution is 0.489. The predicted molar refractivity (Wildman–Crippen MR) is 92.9 cm³/mol. The van der Waals surface area contributed by atoms with Crippen LogP contribution in [-0.4, -0.2) is 33.3 Å². The van der Waals surface area contributed by atoms with E-state index in [-0.39, 0.29) is 0 Å². The van der Waals surface area contributed by atoms with Gasteiger partial charge in [-0.2, -0.15) is 5.10 Å². The Hall–Kier alpha value is -1.91. The van der Waals surface area contributed by atoms with Crippen molar-refractivity contribution in [2.45, 2.75) is 58.8 Å². The quantitative estimate of drug-likeness (QED) is 0.919. The van der Waals surface area contributed by atoms with Crippen molar-refractivity contribution in [3.63, 3.8) is 0 Å². The number of hydrogen-bond donors (Lipinski definition) is 1. The molecule has 0 spiro atoms. The molecule has 0 radical (unpaired) electrons. The van der Waals surface area contributed by atoms with E-state index in [1.165, 1.54) is 16.8 Å². The molecule has 23 heavy (non-hydrogen) atoms. The fraction of sp³-hybridized carbons (Fsp3) is 0.611. The van der Waals surface area contributed by atoms with E-state index < -0.39 is 0 Å². The van der Waals surface area contributed by atoms with Gasteiger partial charge in [-0.3, -0.25) is 5.10 Å². The molecule has 124 valence electrons. The van der Waals surface area contributed by atoms with Crippen molar-refractivity contribution in [2.75, 3.05) is 18.0 Å². The number of aromatic nitrogens is 4. The van der Waals surface area contributed by atoms with Crippen LogP contribution in [0.25, 0.3) is 0 Å². The highest BCUT2D eigenvalue weighted by Crippen LogP contribution is 2.32. The Labute approximate surface area is 138 Å². The van der Waals surface area contributed by atoms with Gasteiger partial charge in [-0.1, -0.05) is 20.3 Å². The zero-order valence-electron chi connectivity index (χ0n) is 14.5. The van der Waals surface area contributed by atoms with Crippen molar-refractivity contribution >= 4 is 5.82 Å². The van der Waals surface area contributed by atoms with Crippen LogP contribution in [-0.2, 0) is 12.8 Å². The van der Waals surface area contributed by atoms with Gasteiger partial charge in [-0.05, 0) is 38.2 Å². The van der Waals surface area contributed by atoms with Gasteiger partial charge < -0.3 is 4.90 Å². The average Bonchev–Trinajstić information content (AvgIpc) is 3.05. The van der Waals surface area contributed by atoms with Gasteiger partial charge in [-0.15, -0.1) is 0 Å². The molecule has 3 rings (SSSR count). The summed E-state index contributed by atoms with van der Waals surface area (Å²) in [6.45, 7) is 8.49. The van der Waals surface area contributed by atoms with Crippen LogP contribution in [0.5, 0.6) is 0 Å². The molecule has 0 amide bonds. The van der Waals surface area contributed by atoms with Crippen LogP contribution in [0, 0.1) is 6.92 Å². The maximum absolute atomic E-state index is 4.73. The summed E-state index contributed by atoms with van der Waals surface area (Å²) in [5, 5.41) is 7.46. The lowest BCUT2D eigenvalue weighted by Crippen LogP contribution is -2.34. The van der Waals surface area contributed by atoms with Crippen LogP contribution in [0.1, 0.15) is 61.7 Å². The average molecular weight is 313 g/mol. The van der Waals surface area contributed by atoms with Gasteiger partial charge in [0.2, 0.25) is 0 Å². The van der Waals surface area contributed by atoms with E-state index in [0.29, 0.717) is 5.92 Å². The molecule has 0 unspecified atom stereocenters. The fourth-order valence-corrected chi connectivity index (χ4v) is 3.54. The Morgan fingerprint density at radius 3 is 2.65 bits per heavy atom. The number of nitrogens with zero attached hydrogens (tertiary/aromatic N) is 4. The number of H-pyrrole nitrogens is 1. The van der Waals surface area contributed by atoms with Crippen LogP contribution in [0.15, 0.2) is 12.4 Å². The summed E-state index contributed by atoms with van der Waals surface area (Å²) >= 11 is 0. The molecule has 0 bridgehead atoms. The summed E-state index contributed by atoms with van der Waals surface area (Å²) in [6.07, 6.45) is 9.54. The highest BCUT2D eigenvalue weighted by molar-refractivity contribution is 5.47. The fourth-order valence-electron chi connectivity index (χ4n) is 3.54. The molecular formula is C18H27N5. The van der Waals surface area contributed by atoms with Crippen molar-refractivity contribution in [1.82, 2.24) is 20.2 Å². The molecular weight excluding hydrogens is 286 g/mol. The zero-order chi connectivity index (χ0) is 16.2. The monoisotopic (exact) mass is 313 g/mol. The number of anilines is 1. The third kappa shape index (κ3) is 3.38. The molecule has 5 heteroatoms. The Morgan fingerprint density at radius 2 is 1.96 bits per heavy atom. The molecule has 0 aliphatic carbocycles. The van der Waals surface area contributed by atoms with E-state index in [1.807, 2.05) is 19.3 Å². The molecule has 5 nitrogen and oxygen atoms in total. The molecule has 1 aliphatic rings. The number of piperidine rings is 1. The second-order valence-electron chi connectivity index (χ2n) is 6.44. The normalized spacial score (nSPS) is 16.0. The van der Waals surface area contributed by atoms with E-state index in [9.17, 15) is 0 Å². The summed E-state index contributed by atoms with van der Waals surface area (Å²) < 4.78 is 0. The highest BCUT2D eigenvalue weighted by atomic mass is 15.2. The Morgan fingerprint density at radius 1 is 1.17 bits per heavy atom. The Kier molecular flexibility index (Phi) is 4.94. The number of nitrogens with one attached hydrogen (secondary N) is 1. The molecule has 0 aromatic carbocycles. The molecule has 1 saturated heterocycles. The summed E-state index contributed by atoms with van der Waals surface area (Å²) in [5.41, 5.74) is 4.00. The lowest BCUT2D eigenvalue weighted by Gasteiger charge is -2.34. The van der Waals surface area contributed by atoms with E-state index in [2.05, 4.69) is 33.9 Å². The molecule has 3 heterocycles. The number of aromatic amines is 1. The second-order valence-corrected chi connectivity index (χ2v) is 6.44. The Bertz CT molecular complexity index is 641. The minimum absolute atomic E-state index is 0.598. The number of hydrogen-bond acceptors (Lipinski definition) is 4. The molecule has 1 fully saturated rings. The van der Waals surface area contributed by atoms with Crippen molar-refractivity contribution < 1.29 is 0 Å². The first-order chi connectivity index (χ1) is 11.2. The second kappa shape index (κ2) is 7.11. The van der Waals surface area contributed by atoms with Crippen molar-refractivity contribution in [1.29, 1.82) is 0 Å². The topological polar surface area (TPSA) is 57.7 Å². The van der Waals surface area contributed by atoms with E-state index in [1.54, 1.807) is 0 Å². The van der Waals surface area contributed by atoms with Crippen LogP contribution in [0.3, 0.4) is 0 Å². The maximum Gasteiger partial charge on any atom is 0.135 e. The first kappa shape index (κ1) is 16.0. The molecule has 2 aromatic heterocycles. The van der Waals surface area contributed by atoms with E-state index >= 15 is 0 Å². The van der Waals surface area contributed by atoms with Gasteiger partial charge in [0, 0.05) is 36.5 Å². The van der Waals surface area contributed by atoms with E-state index in [4.69, 9.17) is 4.98 Å². The van der Waals surface area contributed by atoms with Crippen LogP contribution in [0.2, 0.25) is 0 Å². The van der Waals surface area contributed by atoms with Crippen LogP contribution in [0.4, 0.5) is 5.82 Å². The minimum Gasteiger partial charge on any atom is -0.356 e. The minimum atomic E-state index is 0.598. The maximum atomic E-state index is 4.73.